The Hall–Kier alpha value is -1.83. The summed E-state index contributed by atoms with van der Waals surface area (Å²) in [6, 6.07) is 14.5. The molecule has 25 heavy (non-hydrogen) atoms. The number of carbonyl (C=O) groups is 1. The molecular formula is C18H21NO4S2. The van der Waals surface area contributed by atoms with E-state index in [1.54, 1.807) is 36.0 Å². The van der Waals surface area contributed by atoms with Crippen LogP contribution >= 0.6 is 11.8 Å². The third-order valence-corrected chi connectivity index (χ3v) is 5.82. The summed E-state index contributed by atoms with van der Waals surface area (Å²) in [6.45, 7) is 2.39. The normalized spacial score (nSPS) is 11.3. The maximum absolute atomic E-state index is 12.1. The van der Waals surface area contributed by atoms with Crippen molar-refractivity contribution in [1.29, 1.82) is 0 Å². The fourth-order valence-electron chi connectivity index (χ4n) is 2.13. The summed E-state index contributed by atoms with van der Waals surface area (Å²) < 4.78 is 31.4. The highest BCUT2D eigenvalue weighted by Crippen LogP contribution is 2.17. The number of nitrogens with one attached hydrogen (secondary N) is 1. The van der Waals surface area contributed by atoms with Gasteiger partial charge in [-0.05, 0) is 36.8 Å². The Morgan fingerprint density at radius 1 is 1.08 bits per heavy atom. The second-order valence-corrected chi connectivity index (χ2v) is 8.48. The lowest BCUT2D eigenvalue weighted by atomic mass is 10.1. The molecule has 0 bridgehead atoms. The number of thioether (sulfide) groups is 1. The maximum atomic E-state index is 12.1. The molecule has 0 radical (unpaired) electrons. The molecule has 2 aromatic carbocycles. The fraction of sp³-hybridized carbons (Fsp3) is 0.278. The number of benzene rings is 2. The Balaban J connectivity index is 1.81. The van der Waals surface area contributed by atoms with Gasteiger partial charge in [-0.25, -0.2) is 17.9 Å². The van der Waals surface area contributed by atoms with Gasteiger partial charge in [0.1, 0.15) is 0 Å². The first-order chi connectivity index (χ1) is 11.9. The Morgan fingerprint density at radius 2 is 1.72 bits per heavy atom. The number of rotatable bonds is 8. The van der Waals surface area contributed by atoms with E-state index in [0.717, 1.165) is 4.90 Å². The molecule has 0 aliphatic heterocycles. The van der Waals surface area contributed by atoms with E-state index < -0.39 is 16.0 Å². The first kappa shape index (κ1) is 19.5. The largest absolute Gasteiger partial charge is 0.465 e. The van der Waals surface area contributed by atoms with Crippen LogP contribution in [-0.2, 0) is 20.5 Å². The van der Waals surface area contributed by atoms with E-state index >= 15 is 0 Å². The summed E-state index contributed by atoms with van der Waals surface area (Å²) in [5.74, 6) is 0.0911. The second-order valence-electron chi connectivity index (χ2n) is 5.50. The number of hydrogen-bond donors (Lipinski definition) is 1. The molecule has 0 saturated heterocycles. The van der Waals surface area contributed by atoms with Crippen molar-refractivity contribution in [3.8, 4) is 0 Å². The number of aryl methyl sites for hydroxylation is 1. The van der Waals surface area contributed by atoms with Crippen molar-refractivity contribution in [3.05, 3.63) is 65.2 Å². The molecule has 0 saturated carbocycles. The average molecular weight is 380 g/mol. The summed E-state index contributed by atoms with van der Waals surface area (Å²) in [4.78, 5) is 12.5. The average Bonchev–Trinajstić information content (AvgIpc) is 2.60. The summed E-state index contributed by atoms with van der Waals surface area (Å²) >= 11 is 1.61. The maximum Gasteiger partial charge on any atom is 0.337 e. The molecule has 0 amide bonds. The molecular weight excluding hydrogens is 358 g/mol. The number of carbonyl (C=O) groups excluding carboxylic acids is 1. The topological polar surface area (TPSA) is 72.5 Å². The van der Waals surface area contributed by atoms with Crippen molar-refractivity contribution in [3.63, 3.8) is 0 Å². The standard InChI is InChI=1S/C18H21NO4S2/c1-14-3-9-17(10-4-14)24-12-11-19-25(21,22)13-15-5-7-16(8-6-15)18(20)23-2/h3-10,19H,11-13H2,1-2H3. The van der Waals surface area contributed by atoms with Gasteiger partial charge in [-0.3, -0.25) is 0 Å². The second kappa shape index (κ2) is 9.03. The minimum atomic E-state index is -3.41. The van der Waals surface area contributed by atoms with Crippen LogP contribution in [0.15, 0.2) is 53.4 Å². The predicted molar refractivity (Wildman–Crippen MR) is 100 cm³/mol. The zero-order chi connectivity index (χ0) is 18.3. The Labute approximate surface area is 152 Å². The van der Waals surface area contributed by atoms with Crippen LogP contribution in [0.3, 0.4) is 0 Å². The minimum Gasteiger partial charge on any atom is -0.465 e. The Bertz CT molecular complexity index is 800. The third kappa shape index (κ3) is 6.53. The first-order valence-corrected chi connectivity index (χ1v) is 10.4. The molecule has 2 rings (SSSR count). The third-order valence-electron chi connectivity index (χ3n) is 3.45. The van der Waals surface area contributed by atoms with Gasteiger partial charge in [0.25, 0.3) is 0 Å². The van der Waals surface area contributed by atoms with Crippen molar-refractivity contribution in [2.45, 2.75) is 17.6 Å². The van der Waals surface area contributed by atoms with E-state index in [1.165, 1.54) is 12.7 Å². The molecule has 2 aromatic rings. The van der Waals surface area contributed by atoms with Gasteiger partial charge in [-0.2, -0.15) is 0 Å². The molecule has 0 aliphatic rings. The van der Waals surface area contributed by atoms with E-state index in [-0.39, 0.29) is 5.75 Å². The number of sulfonamides is 1. The zero-order valence-corrected chi connectivity index (χ0v) is 15.8. The molecule has 7 heteroatoms. The minimum absolute atomic E-state index is 0.121. The molecule has 0 unspecified atom stereocenters. The highest BCUT2D eigenvalue weighted by molar-refractivity contribution is 7.99. The van der Waals surface area contributed by atoms with Crippen molar-refractivity contribution in [1.82, 2.24) is 4.72 Å². The molecule has 0 fully saturated rings. The number of ether oxygens (including phenoxy) is 1. The van der Waals surface area contributed by atoms with Gasteiger partial charge in [-0.15, -0.1) is 11.8 Å². The summed E-state index contributed by atoms with van der Waals surface area (Å²) in [5, 5.41) is 0. The molecule has 0 spiro atoms. The molecule has 0 heterocycles. The van der Waals surface area contributed by atoms with E-state index in [1.807, 2.05) is 31.2 Å². The lowest BCUT2D eigenvalue weighted by Crippen LogP contribution is -2.27. The van der Waals surface area contributed by atoms with Gasteiger partial charge < -0.3 is 4.74 Å². The van der Waals surface area contributed by atoms with Crippen LogP contribution in [0, 0.1) is 6.92 Å². The van der Waals surface area contributed by atoms with Crippen molar-refractivity contribution < 1.29 is 17.9 Å². The van der Waals surface area contributed by atoms with Crippen LogP contribution < -0.4 is 4.72 Å². The van der Waals surface area contributed by atoms with Gasteiger partial charge in [0.15, 0.2) is 0 Å². The summed E-state index contributed by atoms with van der Waals surface area (Å²) in [6.07, 6.45) is 0. The van der Waals surface area contributed by atoms with E-state index in [2.05, 4.69) is 9.46 Å². The van der Waals surface area contributed by atoms with Gasteiger partial charge in [0.2, 0.25) is 10.0 Å². The van der Waals surface area contributed by atoms with Crippen molar-refractivity contribution in [2.24, 2.45) is 0 Å². The lowest BCUT2D eigenvalue weighted by Gasteiger charge is -2.07. The molecule has 5 nitrogen and oxygen atoms in total. The highest BCUT2D eigenvalue weighted by Gasteiger charge is 2.12. The van der Waals surface area contributed by atoms with Crippen molar-refractivity contribution >= 4 is 27.8 Å². The zero-order valence-electron chi connectivity index (χ0n) is 14.2. The van der Waals surface area contributed by atoms with Gasteiger partial charge in [-0.1, -0.05) is 29.8 Å². The van der Waals surface area contributed by atoms with E-state index in [0.29, 0.717) is 23.4 Å². The van der Waals surface area contributed by atoms with Crippen LogP contribution in [-0.4, -0.2) is 33.8 Å². The summed E-state index contributed by atoms with van der Waals surface area (Å²) in [7, 11) is -2.11. The van der Waals surface area contributed by atoms with Crippen LogP contribution in [0.5, 0.6) is 0 Å². The molecule has 1 N–H and O–H groups in total. The van der Waals surface area contributed by atoms with Crippen molar-refractivity contribution in [2.75, 3.05) is 19.4 Å². The smallest absolute Gasteiger partial charge is 0.337 e. The lowest BCUT2D eigenvalue weighted by molar-refractivity contribution is 0.0600. The number of esters is 1. The molecule has 0 aromatic heterocycles. The fourth-order valence-corrected chi connectivity index (χ4v) is 4.17. The first-order valence-electron chi connectivity index (χ1n) is 7.74. The Kier molecular flexibility index (Phi) is 7.04. The van der Waals surface area contributed by atoms with E-state index in [9.17, 15) is 13.2 Å². The van der Waals surface area contributed by atoms with Crippen LogP contribution in [0.4, 0.5) is 0 Å². The van der Waals surface area contributed by atoms with Gasteiger partial charge in [0, 0.05) is 17.2 Å². The van der Waals surface area contributed by atoms with Gasteiger partial charge >= 0.3 is 5.97 Å². The van der Waals surface area contributed by atoms with E-state index in [4.69, 9.17) is 0 Å². The van der Waals surface area contributed by atoms with Crippen LogP contribution in [0.1, 0.15) is 21.5 Å². The predicted octanol–water partition coefficient (Wildman–Crippen LogP) is 2.99. The monoisotopic (exact) mass is 379 g/mol. The van der Waals surface area contributed by atoms with Gasteiger partial charge in [0.05, 0.1) is 18.4 Å². The summed E-state index contributed by atoms with van der Waals surface area (Å²) in [5.41, 5.74) is 2.21. The number of hydrogen-bond acceptors (Lipinski definition) is 5. The molecule has 134 valence electrons. The number of methoxy groups -OCH3 is 1. The Morgan fingerprint density at radius 3 is 2.32 bits per heavy atom. The van der Waals surface area contributed by atoms with Crippen LogP contribution in [0.2, 0.25) is 0 Å². The molecule has 0 atom stereocenters. The SMILES string of the molecule is COC(=O)c1ccc(CS(=O)(=O)NCCSc2ccc(C)cc2)cc1. The molecule has 0 aliphatic carbocycles. The highest BCUT2D eigenvalue weighted by atomic mass is 32.2. The van der Waals surface area contributed by atoms with Crippen LogP contribution in [0.25, 0.3) is 0 Å². The quantitative estimate of drug-likeness (QED) is 0.434.